The van der Waals surface area contributed by atoms with E-state index in [9.17, 15) is 0 Å². The fourth-order valence-electron chi connectivity index (χ4n) is 2.21. The first-order valence-corrected chi connectivity index (χ1v) is 6.92. The Hall–Kier alpha value is -1.22. The summed E-state index contributed by atoms with van der Waals surface area (Å²) in [7, 11) is 0. The number of benzene rings is 1. The predicted octanol–water partition coefficient (Wildman–Crippen LogP) is 3.13. The molecule has 0 fully saturated rings. The van der Waals surface area contributed by atoms with Crippen LogP contribution in [0.4, 0.5) is 0 Å². The first-order valence-electron chi connectivity index (χ1n) is 6.92. The van der Waals surface area contributed by atoms with Crippen LogP contribution in [0.2, 0.25) is 0 Å². The molecular formula is C15H23NO2. The molecule has 1 N–H and O–H groups in total. The minimum atomic E-state index is 0.539. The van der Waals surface area contributed by atoms with Gasteiger partial charge in [0.25, 0.3) is 0 Å². The van der Waals surface area contributed by atoms with E-state index < -0.39 is 0 Å². The maximum absolute atomic E-state index is 5.81. The third kappa shape index (κ3) is 3.39. The summed E-state index contributed by atoms with van der Waals surface area (Å²) in [5, 5.41) is 3.53. The average Bonchev–Trinajstić information content (AvgIpc) is 2.62. The van der Waals surface area contributed by atoms with E-state index in [2.05, 4.69) is 25.2 Å². The number of rotatable bonds is 5. The number of para-hydroxylation sites is 1. The van der Waals surface area contributed by atoms with Gasteiger partial charge in [-0.15, -0.1) is 0 Å². The Labute approximate surface area is 109 Å². The Balaban J connectivity index is 2.04. The molecule has 0 spiro atoms. The van der Waals surface area contributed by atoms with Gasteiger partial charge in [0.1, 0.15) is 0 Å². The number of hydrogen-bond acceptors (Lipinski definition) is 3. The zero-order valence-electron chi connectivity index (χ0n) is 11.4. The van der Waals surface area contributed by atoms with Crippen LogP contribution in [-0.4, -0.2) is 19.3 Å². The van der Waals surface area contributed by atoms with Crippen molar-refractivity contribution in [1.82, 2.24) is 5.32 Å². The fourth-order valence-corrected chi connectivity index (χ4v) is 2.21. The summed E-state index contributed by atoms with van der Waals surface area (Å²) in [6.45, 7) is 6.77. The lowest BCUT2D eigenvalue weighted by Crippen LogP contribution is -2.25. The van der Waals surface area contributed by atoms with Crippen molar-refractivity contribution in [1.29, 1.82) is 0 Å². The molecule has 1 aromatic rings. The van der Waals surface area contributed by atoms with E-state index in [1.54, 1.807) is 0 Å². The molecule has 0 aliphatic carbocycles. The lowest BCUT2D eigenvalue weighted by atomic mass is 10.1. The summed E-state index contributed by atoms with van der Waals surface area (Å²) in [6, 6.07) is 6.67. The third-order valence-corrected chi connectivity index (χ3v) is 3.22. The predicted molar refractivity (Wildman–Crippen MR) is 73.3 cm³/mol. The molecule has 1 aliphatic rings. The summed E-state index contributed by atoms with van der Waals surface area (Å²) in [5.74, 6) is 1.81. The highest BCUT2D eigenvalue weighted by molar-refractivity contribution is 5.47. The van der Waals surface area contributed by atoms with E-state index in [0.717, 1.165) is 37.7 Å². The Kier molecular flexibility index (Phi) is 4.88. The van der Waals surface area contributed by atoms with Gasteiger partial charge in [0.2, 0.25) is 0 Å². The zero-order chi connectivity index (χ0) is 12.8. The van der Waals surface area contributed by atoms with Crippen LogP contribution in [-0.2, 0) is 6.54 Å². The average molecular weight is 249 g/mol. The topological polar surface area (TPSA) is 30.5 Å². The van der Waals surface area contributed by atoms with Crippen molar-refractivity contribution in [3.05, 3.63) is 23.8 Å². The van der Waals surface area contributed by atoms with Gasteiger partial charge in [-0.3, -0.25) is 0 Å². The summed E-state index contributed by atoms with van der Waals surface area (Å²) >= 11 is 0. The van der Waals surface area contributed by atoms with E-state index in [4.69, 9.17) is 9.47 Å². The molecule has 1 atom stereocenters. The highest BCUT2D eigenvalue weighted by Crippen LogP contribution is 2.33. The maximum atomic E-state index is 5.81. The summed E-state index contributed by atoms with van der Waals surface area (Å²) < 4.78 is 11.5. The molecule has 1 heterocycles. The van der Waals surface area contributed by atoms with Crippen LogP contribution in [0.3, 0.4) is 0 Å². The monoisotopic (exact) mass is 249 g/mol. The molecule has 0 saturated carbocycles. The molecule has 3 heteroatoms. The van der Waals surface area contributed by atoms with E-state index in [-0.39, 0.29) is 0 Å². The second-order valence-electron chi connectivity index (χ2n) is 4.87. The minimum absolute atomic E-state index is 0.539. The Morgan fingerprint density at radius 2 is 2.11 bits per heavy atom. The summed E-state index contributed by atoms with van der Waals surface area (Å²) in [5.41, 5.74) is 1.19. The SMILES string of the molecule is CCCC(C)NCc1cccc2c1OCCCO2. The molecule has 0 saturated heterocycles. The van der Waals surface area contributed by atoms with Gasteiger partial charge in [0, 0.05) is 24.6 Å². The van der Waals surface area contributed by atoms with E-state index >= 15 is 0 Å². The maximum Gasteiger partial charge on any atom is 0.165 e. The Morgan fingerprint density at radius 3 is 2.94 bits per heavy atom. The molecular weight excluding hydrogens is 226 g/mol. The van der Waals surface area contributed by atoms with E-state index in [1.165, 1.54) is 18.4 Å². The second kappa shape index (κ2) is 6.64. The van der Waals surface area contributed by atoms with Crippen molar-refractivity contribution < 1.29 is 9.47 Å². The van der Waals surface area contributed by atoms with Gasteiger partial charge in [-0.05, 0) is 19.4 Å². The van der Waals surface area contributed by atoms with E-state index in [1.807, 2.05) is 12.1 Å². The number of hydrogen-bond donors (Lipinski definition) is 1. The molecule has 1 unspecified atom stereocenters. The highest BCUT2D eigenvalue weighted by atomic mass is 16.5. The highest BCUT2D eigenvalue weighted by Gasteiger charge is 2.14. The van der Waals surface area contributed by atoms with Gasteiger partial charge in [-0.1, -0.05) is 25.5 Å². The van der Waals surface area contributed by atoms with Crippen LogP contribution in [0.15, 0.2) is 18.2 Å². The molecule has 0 bridgehead atoms. The van der Waals surface area contributed by atoms with Crippen molar-refractivity contribution in [2.45, 2.75) is 45.7 Å². The number of nitrogens with one attached hydrogen (secondary N) is 1. The molecule has 3 nitrogen and oxygen atoms in total. The molecule has 2 rings (SSSR count). The fraction of sp³-hybridized carbons (Fsp3) is 0.600. The molecule has 0 amide bonds. The molecule has 1 aromatic carbocycles. The van der Waals surface area contributed by atoms with Crippen LogP contribution >= 0.6 is 0 Å². The smallest absolute Gasteiger partial charge is 0.165 e. The van der Waals surface area contributed by atoms with Crippen LogP contribution < -0.4 is 14.8 Å². The Bertz CT molecular complexity index is 379. The first kappa shape index (κ1) is 13.2. The first-order chi connectivity index (χ1) is 8.81. The van der Waals surface area contributed by atoms with Crippen molar-refractivity contribution >= 4 is 0 Å². The van der Waals surface area contributed by atoms with Crippen LogP contribution in [0.5, 0.6) is 11.5 Å². The number of fused-ring (bicyclic) bond motifs is 1. The minimum Gasteiger partial charge on any atom is -0.490 e. The van der Waals surface area contributed by atoms with Crippen LogP contribution in [0.25, 0.3) is 0 Å². The molecule has 18 heavy (non-hydrogen) atoms. The zero-order valence-corrected chi connectivity index (χ0v) is 11.4. The van der Waals surface area contributed by atoms with Crippen LogP contribution in [0, 0.1) is 0 Å². The van der Waals surface area contributed by atoms with Crippen molar-refractivity contribution in [2.24, 2.45) is 0 Å². The van der Waals surface area contributed by atoms with Crippen molar-refractivity contribution in [3.63, 3.8) is 0 Å². The molecule has 100 valence electrons. The van der Waals surface area contributed by atoms with E-state index in [0.29, 0.717) is 6.04 Å². The molecule has 0 radical (unpaired) electrons. The third-order valence-electron chi connectivity index (χ3n) is 3.22. The van der Waals surface area contributed by atoms with Crippen LogP contribution in [0.1, 0.15) is 38.7 Å². The largest absolute Gasteiger partial charge is 0.490 e. The van der Waals surface area contributed by atoms with Gasteiger partial charge in [-0.25, -0.2) is 0 Å². The summed E-state index contributed by atoms with van der Waals surface area (Å²) in [6.07, 6.45) is 3.36. The quantitative estimate of drug-likeness (QED) is 0.869. The lowest BCUT2D eigenvalue weighted by molar-refractivity contribution is 0.295. The van der Waals surface area contributed by atoms with Gasteiger partial charge >= 0.3 is 0 Å². The van der Waals surface area contributed by atoms with Gasteiger partial charge in [0.15, 0.2) is 11.5 Å². The molecule has 0 aromatic heterocycles. The normalized spacial score (nSPS) is 16.1. The van der Waals surface area contributed by atoms with Crippen molar-refractivity contribution in [2.75, 3.05) is 13.2 Å². The van der Waals surface area contributed by atoms with Gasteiger partial charge < -0.3 is 14.8 Å². The standard InChI is InChI=1S/C15H23NO2/c1-3-6-12(2)16-11-13-7-4-8-14-15(13)18-10-5-9-17-14/h4,7-8,12,16H,3,5-6,9-11H2,1-2H3. The Morgan fingerprint density at radius 1 is 1.28 bits per heavy atom. The summed E-state index contributed by atoms with van der Waals surface area (Å²) in [4.78, 5) is 0. The second-order valence-corrected chi connectivity index (χ2v) is 4.87. The van der Waals surface area contributed by atoms with Gasteiger partial charge in [0.05, 0.1) is 13.2 Å². The van der Waals surface area contributed by atoms with Gasteiger partial charge in [-0.2, -0.15) is 0 Å². The van der Waals surface area contributed by atoms with Crippen molar-refractivity contribution in [3.8, 4) is 11.5 Å². The molecule has 1 aliphatic heterocycles. The number of ether oxygens (including phenoxy) is 2. The lowest BCUT2D eigenvalue weighted by Gasteiger charge is -2.16.